The molecule has 3 heteroatoms. The van der Waals surface area contributed by atoms with Gasteiger partial charge in [0.25, 0.3) is 0 Å². The molecule has 0 aliphatic rings. The monoisotopic (exact) mass is 353 g/mol. The molecule has 4 rings (SSSR count). The number of pyridine rings is 1. The molecule has 0 bridgehead atoms. The molecule has 0 radical (unpaired) electrons. The minimum atomic E-state index is -0.375. The van der Waals surface area contributed by atoms with Gasteiger partial charge in [0.1, 0.15) is 5.75 Å². The molecule has 132 valence electrons. The fourth-order valence-corrected chi connectivity index (χ4v) is 3.09. The lowest BCUT2D eigenvalue weighted by molar-refractivity contribution is 0.0735. The quantitative estimate of drug-likeness (QED) is 0.348. The molecule has 0 aliphatic heterocycles. The number of nitrogens with zero attached hydrogens (tertiary/aromatic N) is 1. The van der Waals surface area contributed by atoms with Gasteiger partial charge in [0.15, 0.2) is 0 Å². The molecule has 27 heavy (non-hydrogen) atoms. The van der Waals surface area contributed by atoms with Crippen molar-refractivity contribution < 1.29 is 9.53 Å². The number of benzene rings is 3. The zero-order valence-electron chi connectivity index (χ0n) is 15.3. The molecule has 4 aromatic rings. The van der Waals surface area contributed by atoms with E-state index in [0.29, 0.717) is 11.3 Å². The Balaban J connectivity index is 1.85. The van der Waals surface area contributed by atoms with Crippen LogP contribution in [0.15, 0.2) is 78.9 Å². The minimum absolute atomic E-state index is 0.375. The summed E-state index contributed by atoms with van der Waals surface area (Å²) in [6, 6.07) is 25.1. The van der Waals surface area contributed by atoms with Gasteiger partial charge in [-0.1, -0.05) is 60.2 Å². The van der Waals surface area contributed by atoms with E-state index >= 15 is 0 Å². The number of carbonyl (C=O) groups excluding carboxylic acids is 1. The van der Waals surface area contributed by atoms with Gasteiger partial charge in [-0.3, -0.25) is 0 Å². The van der Waals surface area contributed by atoms with E-state index in [4.69, 9.17) is 9.72 Å². The van der Waals surface area contributed by atoms with Gasteiger partial charge >= 0.3 is 5.97 Å². The number of esters is 1. The van der Waals surface area contributed by atoms with Gasteiger partial charge in [0, 0.05) is 10.9 Å². The highest BCUT2D eigenvalue weighted by Crippen LogP contribution is 2.27. The van der Waals surface area contributed by atoms with E-state index in [0.717, 1.165) is 33.3 Å². The van der Waals surface area contributed by atoms with Crippen molar-refractivity contribution in [1.82, 2.24) is 4.98 Å². The minimum Gasteiger partial charge on any atom is -0.423 e. The average molecular weight is 353 g/mol. The second-order valence-electron chi connectivity index (χ2n) is 6.60. The smallest absolute Gasteiger partial charge is 0.344 e. The molecular formula is C24H19NO2. The number of rotatable bonds is 3. The molecule has 3 aromatic carbocycles. The van der Waals surface area contributed by atoms with E-state index in [1.165, 1.54) is 0 Å². The number of aryl methyl sites for hydroxylation is 2. The van der Waals surface area contributed by atoms with Gasteiger partial charge < -0.3 is 4.74 Å². The van der Waals surface area contributed by atoms with E-state index in [2.05, 4.69) is 0 Å². The summed E-state index contributed by atoms with van der Waals surface area (Å²) >= 11 is 0. The maximum Gasteiger partial charge on any atom is 0.344 e. The van der Waals surface area contributed by atoms with Gasteiger partial charge in [-0.05, 0) is 43.7 Å². The maximum absolute atomic E-state index is 13.0. The molecule has 0 atom stereocenters. The molecular weight excluding hydrogens is 334 g/mol. The summed E-state index contributed by atoms with van der Waals surface area (Å²) in [5.74, 6) is 0.195. The predicted molar refractivity (Wildman–Crippen MR) is 108 cm³/mol. The normalized spacial score (nSPS) is 10.7. The van der Waals surface area contributed by atoms with E-state index in [9.17, 15) is 4.79 Å². The first-order valence-corrected chi connectivity index (χ1v) is 8.86. The van der Waals surface area contributed by atoms with Crippen LogP contribution in [0.1, 0.15) is 21.5 Å². The van der Waals surface area contributed by atoms with Crippen molar-refractivity contribution in [1.29, 1.82) is 0 Å². The molecule has 1 aromatic heterocycles. The number of aromatic nitrogens is 1. The highest BCUT2D eigenvalue weighted by molar-refractivity contribution is 6.05. The topological polar surface area (TPSA) is 39.2 Å². The first-order chi connectivity index (χ1) is 13.1. The maximum atomic E-state index is 13.0. The lowest BCUT2D eigenvalue weighted by Crippen LogP contribution is -2.11. The highest BCUT2D eigenvalue weighted by Gasteiger charge is 2.17. The Morgan fingerprint density at radius 3 is 2.37 bits per heavy atom. The van der Waals surface area contributed by atoms with Crippen LogP contribution in [0.4, 0.5) is 0 Å². The highest BCUT2D eigenvalue weighted by atomic mass is 16.5. The Bertz CT molecular complexity index is 1130. The van der Waals surface area contributed by atoms with Crippen LogP contribution in [-0.4, -0.2) is 11.0 Å². The summed E-state index contributed by atoms with van der Waals surface area (Å²) in [5, 5.41) is 0.799. The van der Waals surface area contributed by atoms with Gasteiger partial charge in [-0.25, -0.2) is 9.78 Å². The third-order valence-electron chi connectivity index (χ3n) is 4.55. The fourth-order valence-electron chi connectivity index (χ4n) is 3.09. The number of para-hydroxylation sites is 1. The van der Waals surface area contributed by atoms with Crippen LogP contribution in [0.2, 0.25) is 0 Å². The summed E-state index contributed by atoms with van der Waals surface area (Å²) in [6.45, 7) is 3.92. The SMILES string of the molecule is Cc1ccc2nc(-c3ccccc3)cc(C(=O)Oc3ccccc3C)c2c1. The molecule has 0 amide bonds. The van der Waals surface area contributed by atoms with E-state index in [-0.39, 0.29) is 5.97 Å². The summed E-state index contributed by atoms with van der Waals surface area (Å²) in [7, 11) is 0. The number of fused-ring (bicyclic) bond motifs is 1. The first-order valence-electron chi connectivity index (χ1n) is 8.86. The summed E-state index contributed by atoms with van der Waals surface area (Å²) in [4.78, 5) is 17.8. The second-order valence-corrected chi connectivity index (χ2v) is 6.60. The van der Waals surface area contributed by atoms with Crippen LogP contribution >= 0.6 is 0 Å². The van der Waals surface area contributed by atoms with Crippen LogP contribution in [-0.2, 0) is 0 Å². The number of ether oxygens (including phenoxy) is 1. The molecule has 3 nitrogen and oxygen atoms in total. The lowest BCUT2D eigenvalue weighted by Gasteiger charge is -2.11. The predicted octanol–water partition coefficient (Wildman–Crippen LogP) is 5.74. The van der Waals surface area contributed by atoms with Crippen molar-refractivity contribution >= 4 is 16.9 Å². The van der Waals surface area contributed by atoms with Crippen molar-refractivity contribution in [3.63, 3.8) is 0 Å². The summed E-state index contributed by atoms with van der Waals surface area (Å²) in [6.07, 6.45) is 0. The van der Waals surface area contributed by atoms with Crippen molar-refractivity contribution in [2.24, 2.45) is 0 Å². The van der Waals surface area contributed by atoms with Crippen LogP contribution in [0.3, 0.4) is 0 Å². The van der Waals surface area contributed by atoms with Crippen LogP contribution in [0, 0.1) is 13.8 Å². The molecule has 0 spiro atoms. The fraction of sp³-hybridized carbons (Fsp3) is 0.0833. The van der Waals surface area contributed by atoms with Crippen LogP contribution in [0.5, 0.6) is 5.75 Å². The Kier molecular flexibility index (Phi) is 4.43. The van der Waals surface area contributed by atoms with Gasteiger partial charge in [-0.15, -0.1) is 0 Å². The third kappa shape index (κ3) is 3.44. The van der Waals surface area contributed by atoms with E-state index < -0.39 is 0 Å². The molecule has 0 unspecified atom stereocenters. The molecule has 0 saturated carbocycles. The first kappa shape index (κ1) is 17.0. The van der Waals surface area contributed by atoms with Gasteiger partial charge in [0.05, 0.1) is 16.8 Å². The van der Waals surface area contributed by atoms with Crippen molar-refractivity contribution in [3.05, 3.63) is 95.6 Å². The molecule has 0 N–H and O–H groups in total. The summed E-state index contributed by atoms with van der Waals surface area (Å²) < 4.78 is 5.70. The van der Waals surface area contributed by atoms with Crippen LogP contribution in [0.25, 0.3) is 22.2 Å². The number of hydrogen-bond donors (Lipinski definition) is 0. The average Bonchev–Trinajstić information content (AvgIpc) is 2.69. The zero-order chi connectivity index (χ0) is 18.8. The van der Waals surface area contributed by atoms with Gasteiger partial charge in [0.2, 0.25) is 0 Å². The standard InChI is InChI=1S/C24H19NO2/c1-16-12-13-21-19(14-16)20(15-22(25-21)18-9-4-3-5-10-18)24(26)27-23-11-7-6-8-17(23)2/h3-15H,1-2H3. The Labute approximate surface area is 158 Å². The largest absolute Gasteiger partial charge is 0.423 e. The molecule has 0 aliphatic carbocycles. The second kappa shape index (κ2) is 7.04. The lowest BCUT2D eigenvalue weighted by atomic mass is 10.0. The number of carbonyl (C=O) groups is 1. The Morgan fingerprint density at radius 2 is 1.59 bits per heavy atom. The Hall–Kier alpha value is -3.46. The molecule has 1 heterocycles. The molecule has 0 saturated heterocycles. The van der Waals surface area contributed by atoms with Crippen molar-refractivity contribution in [2.45, 2.75) is 13.8 Å². The van der Waals surface area contributed by atoms with Crippen molar-refractivity contribution in [2.75, 3.05) is 0 Å². The molecule has 0 fully saturated rings. The number of hydrogen-bond acceptors (Lipinski definition) is 3. The van der Waals surface area contributed by atoms with Crippen LogP contribution < -0.4 is 4.74 Å². The Morgan fingerprint density at radius 1 is 0.852 bits per heavy atom. The van der Waals surface area contributed by atoms with E-state index in [1.807, 2.05) is 86.6 Å². The van der Waals surface area contributed by atoms with E-state index in [1.54, 1.807) is 6.07 Å². The zero-order valence-corrected chi connectivity index (χ0v) is 15.3. The van der Waals surface area contributed by atoms with Crippen molar-refractivity contribution in [3.8, 4) is 17.0 Å². The third-order valence-corrected chi connectivity index (χ3v) is 4.55. The van der Waals surface area contributed by atoms with Gasteiger partial charge in [-0.2, -0.15) is 0 Å². The summed E-state index contributed by atoms with van der Waals surface area (Å²) in [5.41, 5.74) is 5.00.